The molecule has 0 radical (unpaired) electrons. The molecule has 1 aromatic carbocycles. The molecule has 0 saturated heterocycles. The van der Waals surface area contributed by atoms with Crippen LogP contribution in [0.4, 0.5) is 10.1 Å². The van der Waals surface area contributed by atoms with Crippen LogP contribution in [0, 0.1) is 19.7 Å². The second-order valence-electron chi connectivity index (χ2n) is 4.52. The Kier molecular flexibility index (Phi) is 3.61. The van der Waals surface area contributed by atoms with Crippen LogP contribution in [-0.4, -0.2) is 25.2 Å². The summed E-state index contributed by atoms with van der Waals surface area (Å²) in [5, 5.41) is 17.3. The van der Waals surface area contributed by atoms with Gasteiger partial charge in [-0.2, -0.15) is 4.68 Å². The predicted molar refractivity (Wildman–Crippen MR) is 78.0 cm³/mol. The molecule has 6 nitrogen and oxygen atoms in total. The quantitative estimate of drug-likeness (QED) is 0.802. The molecule has 0 unspecified atom stereocenters. The first kappa shape index (κ1) is 13.6. The van der Waals surface area contributed by atoms with Crippen LogP contribution in [0.1, 0.15) is 16.5 Å². The van der Waals surface area contributed by atoms with E-state index in [0.717, 1.165) is 16.4 Å². The zero-order valence-electron chi connectivity index (χ0n) is 11.5. The lowest BCUT2D eigenvalue weighted by Gasteiger charge is -2.08. The second-order valence-corrected chi connectivity index (χ2v) is 5.58. The zero-order valence-corrected chi connectivity index (χ0v) is 12.4. The fourth-order valence-corrected chi connectivity index (χ4v) is 2.53. The molecule has 0 atom stereocenters. The summed E-state index contributed by atoms with van der Waals surface area (Å²) in [5.41, 5.74) is 2.06. The third-order valence-electron chi connectivity index (χ3n) is 2.94. The van der Waals surface area contributed by atoms with Crippen LogP contribution in [-0.2, 0) is 6.54 Å². The van der Waals surface area contributed by atoms with Crippen LogP contribution < -0.4 is 5.32 Å². The normalized spacial score (nSPS) is 10.8. The van der Waals surface area contributed by atoms with E-state index in [1.807, 2.05) is 12.3 Å². The van der Waals surface area contributed by atoms with Crippen LogP contribution in [0.2, 0.25) is 0 Å². The maximum absolute atomic E-state index is 13.9. The molecule has 0 fully saturated rings. The molecule has 2 heterocycles. The van der Waals surface area contributed by atoms with Gasteiger partial charge in [0, 0.05) is 11.1 Å². The number of thiazole rings is 1. The van der Waals surface area contributed by atoms with Gasteiger partial charge in [0.2, 0.25) is 0 Å². The van der Waals surface area contributed by atoms with Crippen molar-refractivity contribution in [1.29, 1.82) is 0 Å². The van der Waals surface area contributed by atoms with Crippen LogP contribution in [0.15, 0.2) is 23.6 Å². The number of anilines is 1. The fraction of sp³-hybridized carbons (Fsp3) is 0.231. The second kappa shape index (κ2) is 5.57. The first-order chi connectivity index (χ1) is 10.1. The Morgan fingerprint density at radius 2 is 2.19 bits per heavy atom. The summed E-state index contributed by atoms with van der Waals surface area (Å²) in [6, 6.07) is 4.75. The molecule has 8 heteroatoms. The first-order valence-electron chi connectivity index (χ1n) is 6.33. The van der Waals surface area contributed by atoms with Gasteiger partial charge in [0.1, 0.15) is 11.5 Å². The Balaban J connectivity index is 1.82. The molecule has 3 rings (SSSR count). The van der Waals surface area contributed by atoms with E-state index in [2.05, 4.69) is 25.8 Å². The van der Waals surface area contributed by atoms with E-state index in [1.54, 1.807) is 30.4 Å². The van der Waals surface area contributed by atoms with Gasteiger partial charge in [-0.15, -0.1) is 16.4 Å². The van der Waals surface area contributed by atoms with Gasteiger partial charge in [-0.3, -0.25) is 0 Å². The standard InChI is InChI=1S/C13H13FN6S/c1-8-17-18-19-20(8)13-5-10(3-4-12(13)14)15-6-11-7-21-9(2)16-11/h3-5,7,15H,6H2,1-2H3. The Labute approximate surface area is 124 Å². The largest absolute Gasteiger partial charge is 0.379 e. The van der Waals surface area contributed by atoms with E-state index in [4.69, 9.17) is 0 Å². The van der Waals surface area contributed by atoms with E-state index in [-0.39, 0.29) is 5.82 Å². The van der Waals surface area contributed by atoms with Crippen molar-refractivity contribution >= 4 is 17.0 Å². The van der Waals surface area contributed by atoms with Gasteiger partial charge < -0.3 is 5.32 Å². The number of nitrogens with one attached hydrogen (secondary N) is 1. The Morgan fingerprint density at radius 3 is 2.86 bits per heavy atom. The molecule has 2 aromatic heterocycles. The van der Waals surface area contributed by atoms with Gasteiger partial charge in [0.15, 0.2) is 5.82 Å². The number of hydrogen-bond donors (Lipinski definition) is 1. The first-order valence-corrected chi connectivity index (χ1v) is 7.21. The monoisotopic (exact) mass is 304 g/mol. The van der Waals surface area contributed by atoms with E-state index >= 15 is 0 Å². The van der Waals surface area contributed by atoms with Crippen LogP contribution in [0.5, 0.6) is 0 Å². The van der Waals surface area contributed by atoms with E-state index in [9.17, 15) is 4.39 Å². The van der Waals surface area contributed by atoms with Gasteiger partial charge in [0.25, 0.3) is 0 Å². The lowest BCUT2D eigenvalue weighted by molar-refractivity contribution is 0.605. The van der Waals surface area contributed by atoms with Crippen molar-refractivity contribution in [3.8, 4) is 5.69 Å². The number of aromatic nitrogens is 5. The minimum absolute atomic E-state index is 0.317. The lowest BCUT2D eigenvalue weighted by atomic mass is 10.2. The van der Waals surface area contributed by atoms with Crippen molar-refractivity contribution < 1.29 is 4.39 Å². The molecule has 0 amide bonds. The van der Waals surface area contributed by atoms with Gasteiger partial charge in [-0.1, -0.05) is 0 Å². The summed E-state index contributed by atoms with van der Waals surface area (Å²) in [6.07, 6.45) is 0. The molecule has 0 saturated carbocycles. The summed E-state index contributed by atoms with van der Waals surface area (Å²) in [4.78, 5) is 4.37. The molecule has 108 valence electrons. The highest BCUT2D eigenvalue weighted by molar-refractivity contribution is 7.09. The number of halogens is 1. The summed E-state index contributed by atoms with van der Waals surface area (Å²) in [7, 11) is 0. The summed E-state index contributed by atoms with van der Waals surface area (Å²) >= 11 is 1.60. The van der Waals surface area contributed by atoms with Crippen molar-refractivity contribution in [2.75, 3.05) is 5.32 Å². The van der Waals surface area contributed by atoms with Gasteiger partial charge in [0.05, 0.1) is 17.2 Å². The van der Waals surface area contributed by atoms with Crippen molar-refractivity contribution in [1.82, 2.24) is 25.2 Å². The van der Waals surface area contributed by atoms with Crippen LogP contribution in [0.25, 0.3) is 5.69 Å². The summed E-state index contributed by atoms with van der Waals surface area (Å²) in [6.45, 7) is 4.27. The Bertz CT molecular complexity index is 766. The van der Waals surface area contributed by atoms with Crippen molar-refractivity contribution in [3.05, 3.63) is 45.9 Å². The fourth-order valence-electron chi connectivity index (χ4n) is 1.92. The molecule has 21 heavy (non-hydrogen) atoms. The molecule has 0 aliphatic rings. The highest BCUT2D eigenvalue weighted by atomic mass is 32.1. The smallest absolute Gasteiger partial charge is 0.153 e. The molecule has 0 aliphatic carbocycles. The van der Waals surface area contributed by atoms with Crippen molar-refractivity contribution in [2.24, 2.45) is 0 Å². The third kappa shape index (κ3) is 2.89. The van der Waals surface area contributed by atoms with Crippen molar-refractivity contribution in [3.63, 3.8) is 0 Å². The number of hydrogen-bond acceptors (Lipinski definition) is 6. The highest BCUT2D eigenvalue weighted by Gasteiger charge is 2.10. The minimum atomic E-state index is -0.375. The molecule has 1 N–H and O–H groups in total. The van der Waals surface area contributed by atoms with Crippen molar-refractivity contribution in [2.45, 2.75) is 20.4 Å². The lowest BCUT2D eigenvalue weighted by Crippen LogP contribution is -2.05. The number of tetrazole rings is 1. The van der Waals surface area contributed by atoms with E-state index < -0.39 is 0 Å². The molecular formula is C13H13FN6S. The predicted octanol–water partition coefficient (Wildman–Crippen LogP) is 2.49. The Hall–Kier alpha value is -2.35. The van der Waals surface area contributed by atoms with Gasteiger partial charge in [-0.05, 0) is 42.5 Å². The summed E-state index contributed by atoms with van der Waals surface area (Å²) < 4.78 is 15.3. The Morgan fingerprint density at radius 1 is 1.33 bits per heavy atom. The average Bonchev–Trinajstić information content (AvgIpc) is 3.07. The highest BCUT2D eigenvalue weighted by Crippen LogP contribution is 2.19. The van der Waals surface area contributed by atoms with E-state index in [1.165, 1.54) is 10.7 Å². The maximum Gasteiger partial charge on any atom is 0.153 e. The van der Waals surface area contributed by atoms with Gasteiger partial charge in [-0.25, -0.2) is 9.37 Å². The number of aryl methyl sites for hydroxylation is 2. The number of rotatable bonds is 4. The molecule has 0 spiro atoms. The zero-order chi connectivity index (χ0) is 14.8. The number of benzene rings is 1. The molecule has 0 bridgehead atoms. The molecular weight excluding hydrogens is 291 g/mol. The number of nitrogens with zero attached hydrogens (tertiary/aromatic N) is 5. The molecule has 3 aromatic rings. The van der Waals surface area contributed by atoms with Gasteiger partial charge >= 0.3 is 0 Å². The summed E-state index contributed by atoms with van der Waals surface area (Å²) in [5.74, 6) is 0.154. The van der Waals surface area contributed by atoms with E-state index in [0.29, 0.717) is 18.1 Å². The third-order valence-corrected chi connectivity index (χ3v) is 3.76. The topological polar surface area (TPSA) is 68.5 Å². The maximum atomic E-state index is 13.9. The van der Waals surface area contributed by atoms with Crippen LogP contribution in [0.3, 0.4) is 0 Å². The SMILES string of the molecule is Cc1nc(CNc2ccc(F)c(-n3nnnc3C)c2)cs1. The average molecular weight is 304 g/mol. The minimum Gasteiger partial charge on any atom is -0.379 e. The van der Waals surface area contributed by atoms with Crippen LogP contribution >= 0.6 is 11.3 Å². The molecule has 0 aliphatic heterocycles.